The minimum Gasteiger partial charge on any atom is -0.289 e. The van der Waals surface area contributed by atoms with Crippen molar-refractivity contribution in [3.05, 3.63) is 49.9 Å². The van der Waals surface area contributed by atoms with Gasteiger partial charge in [0.25, 0.3) is 0 Å². The highest BCUT2D eigenvalue weighted by atomic mass is 35.5. The van der Waals surface area contributed by atoms with Crippen LogP contribution in [0.1, 0.15) is 16.1 Å². The molecule has 0 aliphatic rings. The first-order valence-corrected chi connectivity index (χ1v) is 6.69. The van der Waals surface area contributed by atoms with Gasteiger partial charge in [-0.05, 0) is 35.8 Å². The minimum atomic E-state index is -0.272. The van der Waals surface area contributed by atoms with Crippen molar-refractivity contribution in [3.8, 4) is 0 Å². The van der Waals surface area contributed by atoms with Gasteiger partial charge in [0, 0.05) is 10.9 Å². The van der Waals surface area contributed by atoms with E-state index in [2.05, 4.69) is 9.59 Å². The molecule has 0 N–H and O–H groups in total. The Hall–Kier alpha value is -0.940. The minimum absolute atomic E-state index is 0.148. The molecule has 1 aromatic heterocycles. The summed E-state index contributed by atoms with van der Waals surface area (Å²) in [5, 5.41) is 6.14. The van der Waals surface area contributed by atoms with E-state index in [4.69, 9.17) is 34.8 Å². The van der Waals surface area contributed by atoms with Crippen LogP contribution in [0.25, 0.3) is 6.08 Å². The van der Waals surface area contributed by atoms with Crippen molar-refractivity contribution in [3.63, 3.8) is 0 Å². The van der Waals surface area contributed by atoms with Crippen LogP contribution in [-0.4, -0.2) is 15.4 Å². The SMILES string of the molecule is O=C(/C=C/c1csnn1)c1ccc(Cl)c(Cl)c1Cl. The maximum absolute atomic E-state index is 11.9. The Labute approximate surface area is 122 Å². The van der Waals surface area contributed by atoms with Crippen LogP contribution in [0.3, 0.4) is 0 Å². The summed E-state index contributed by atoms with van der Waals surface area (Å²) in [6, 6.07) is 3.06. The van der Waals surface area contributed by atoms with Gasteiger partial charge in [-0.1, -0.05) is 39.3 Å². The lowest BCUT2D eigenvalue weighted by molar-refractivity contribution is 0.104. The van der Waals surface area contributed by atoms with Gasteiger partial charge < -0.3 is 0 Å². The number of carbonyl (C=O) groups is 1. The van der Waals surface area contributed by atoms with Crippen LogP contribution in [0.5, 0.6) is 0 Å². The molecule has 0 fully saturated rings. The van der Waals surface area contributed by atoms with Crippen molar-refractivity contribution in [2.75, 3.05) is 0 Å². The average molecular weight is 320 g/mol. The molecule has 0 amide bonds. The van der Waals surface area contributed by atoms with E-state index in [0.29, 0.717) is 16.3 Å². The second kappa shape index (κ2) is 5.80. The second-order valence-electron chi connectivity index (χ2n) is 3.25. The molecule has 18 heavy (non-hydrogen) atoms. The number of ketones is 1. The Morgan fingerprint density at radius 2 is 2.00 bits per heavy atom. The summed E-state index contributed by atoms with van der Waals surface area (Å²) in [6.07, 6.45) is 2.92. The molecular formula is C11H5Cl3N2OS. The summed E-state index contributed by atoms with van der Waals surface area (Å²) >= 11 is 18.8. The van der Waals surface area contributed by atoms with E-state index >= 15 is 0 Å². The number of rotatable bonds is 3. The first kappa shape index (κ1) is 13.5. The normalized spacial score (nSPS) is 11.1. The predicted octanol–water partition coefficient (Wildman–Crippen LogP) is 4.39. The van der Waals surface area contributed by atoms with E-state index in [1.807, 2.05) is 0 Å². The van der Waals surface area contributed by atoms with E-state index in [9.17, 15) is 4.79 Å². The Morgan fingerprint density at radius 3 is 2.67 bits per heavy atom. The van der Waals surface area contributed by atoms with Gasteiger partial charge in [0.1, 0.15) is 0 Å². The Balaban J connectivity index is 2.27. The Kier molecular flexibility index (Phi) is 4.35. The molecule has 0 atom stereocenters. The summed E-state index contributed by atoms with van der Waals surface area (Å²) in [5.41, 5.74) is 0.912. The van der Waals surface area contributed by atoms with Crippen molar-refractivity contribution in [1.29, 1.82) is 0 Å². The van der Waals surface area contributed by atoms with E-state index in [1.54, 1.807) is 11.5 Å². The lowest BCUT2D eigenvalue weighted by atomic mass is 10.1. The first-order chi connectivity index (χ1) is 8.59. The highest BCUT2D eigenvalue weighted by Crippen LogP contribution is 2.32. The zero-order valence-corrected chi connectivity index (χ0v) is 11.8. The lowest BCUT2D eigenvalue weighted by Crippen LogP contribution is -1.96. The number of carbonyl (C=O) groups excluding carboxylic acids is 1. The van der Waals surface area contributed by atoms with Gasteiger partial charge in [-0.2, -0.15) is 0 Å². The van der Waals surface area contributed by atoms with Crippen LogP contribution in [0.15, 0.2) is 23.6 Å². The largest absolute Gasteiger partial charge is 0.289 e. The maximum Gasteiger partial charge on any atom is 0.187 e. The highest BCUT2D eigenvalue weighted by Gasteiger charge is 2.13. The van der Waals surface area contributed by atoms with E-state index in [-0.39, 0.29) is 15.8 Å². The number of aromatic nitrogens is 2. The summed E-state index contributed by atoms with van der Waals surface area (Å²) < 4.78 is 3.68. The van der Waals surface area contributed by atoms with Gasteiger partial charge in [-0.25, -0.2) is 0 Å². The molecule has 0 unspecified atom stereocenters. The molecule has 0 aliphatic carbocycles. The van der Waals surface area contributed by atoms with E-state index in [0.717, 1.165) is 0 Å². The molecule has 0 saturated carbocycles. The van der Waals surface area contributed by atoms with Crippen LogP contribution in [-0.2, 0) is 0 Å². The van der Waals surface area contributed by atoms with E-state index in [1.165, 1.54) is 29.7 Å². The number of hydrogen-bond donors (Lipinski definition) is 0. The van der Waals surface area contributed by atoms with Gasteiger partial charge in [0.15, 0.2) is 5.78 Å². The van der Waals surface area contributed by atoms with Crippen molar-refractivity contribution < 1.29 is 4.79 Å². The Morgan fingerprint density at radius 1 is 1.22 bits per heavy atom. The molecule has 1 aromatic carbocycles. The number of halogens is 3. The molecule has 3 nitrogen and oxygen atoms in total. The highest BCUT2D eigenvalue weighted by molar-refractivity contribution is 7.03. The van der Waals surface area contributed by atoms with Crippen molar-refractivity contribution in [1.82, 2.24) is 9.59 Å². The summed E-state index contributed by atoms with van der Waals surface area (Å²) in [4.78, 5) is 11.9. The monoisotopic (exact) mass is 318 g/mol. The fourth-order valence-corrected chi connectivity index (χ4v) is 2.26. The molecule has 0 spiro atoms. The first-order valence-electron chi connectivity index (χ1n) is 4.72. The van der Waals surface area contributed by atoms with Crippen molar-refractivity contribution in [2.24, 2.45) is 0 Å². The molecule has 0 radical (unpaired) electrons. The fraction of sp³-hybridized carbons (Fsp3) is 0. The van der Waals surface area contributed by atoms with E-state index < -0.39 is 0 Å². The Bertz CT molecular complexity index is 611. The smallest absolute Gasteiger partial charge is 0.187 e. The summed E-state index contributed by atoms with van der Waals surface area (Å²) in [6.45, 7) is 0. The molecule has 2 aromatic rings. The molecule has 0 aliphatic heterocycles. The average Bonchev–Trinajstić information content (AvgIpc) is 2.86. The van der Waals surface area contributed by atoms with Gasteiger partial charge in [-0.3, -0.25) is 4.79 Å². The van der Waals surface area contributed by atoms with Crippen molar-refractivity contribution >= 4 is 58.2 Å². The standard InChI is InChI=1S/C11H5Cl3N2OS/c12-8-3-2-7(10(13)11(8)14)9(17)4-1-6-5-18-16-15-6/h1-5H/b4-1+. The van der Waals surface area contributed by atoms with Gasteiger partial charge in [0.05, 0.1) is 20.8 Å². The molecule has 0 saturated heterocycles. The molecule has 2 rings (SSSR count). The number of allylic oxidation sites excluding steroid dienone is 1. The van der Waals surface area contributed by atoms with Gasteiger partial charge >= 0.3 is 0 Å². The third kappa shape index (κ3) is 2.90. The maximum atomic E-state index is 11.9. The van der Waals surface area contributed by atoms with Gasteiger partial charge in [-0.15, -0.1) is 5.10 Å². The predicted molar refractivity (Wildman–Crippen MR) is 74.7 cm³/mol. The third-order valence-electron chi connectivity index (χ3n) is 2.08. The number of hydrogen-bond acceptors (Lipinski definition) is 4. The van der Waals surface area contributed by atoms with Crippen LogP contribution < -0.4 is 0 Å². The number of nitrogens with zero attached hydrogens (tertiary/aromatic N) is 2. The lowest BCUT2D eigenvalue weighted by Gasteiger charge is -2.03. The summed E-state index contributed by atoms with van der Waals surface area (Å²) in [5.74, 6) is -0.272. The van der Waals surface area contributed by atoms with Crippen LogP contribution in [0.2, 0.25) is 15.1 Å². The zero-order valence-electron chi connectivity index (χ0n) is 8.73. The molecule has 0 bridgehead atoms. The van der Waals surface area contributed by atoms with Crippen LogP contribution in [0.4, 0.5) is 0 Å². The molecule has 7 heteroatoms. The van der Waals surface area contributed by atoms with Gasteiger partial charge in [0.2, 0.25) is 0 Å². The third-order valence-corrected chi connectivity index (χ3v) is 3.90. The quantitative estimate of drug-likeness (QED) is 0.478. The molecule has 1 heterocycles. The molecular weight excluding hydrogens is 315 g/mol. The summed E-state index contributed by atoms with van der Waals surface area (Å²) in [7, 11) is 0. The topological polar surface area (TPSA) is 42.9 Å². The second-order valence-corrected chi connectivity index (χ2v) is 5.02. The van der Waals surface area contributed by atoms with Crippen LogP contribution in [0, 0.1) is 0 Å². The zero-order chi connectivity index (χ0) is 13.1. The van der Waals surface area contributed by atoms with Crippen molar-refractivity contribution in [2.45, 2.75) is 0 Å². The fourth-order valence-electron chi connectivity index (χ4n) is 1.21. The molecule has 92 valence electrons. The van der Waals surface area contributed by atoms with Crippen LogP contribution >= 0.6 is 46.3 Å². The number of benzene rings is 1.